The van der Waals surface area contributed by atoms with Crippen LogP contribution in [0.3, 0.4) is 0 Å². The van der Waals surface area contributed by atoms with Crippen molar-refractivity contribution in [1.82, 2.24) is 15.2 Å². The van der Waals surface area contributed by atoms with E-state index in [0.29, 0.717) is 19.0 Å². The molecule has 0 atom stereocenters. The van der Waals surface area contributed by atoms with Gasteiger partial charge in [0.15, 0.2) is 5.96 Å². The molecule has 1 N–H and O–H groups in total. The van der Waals surface area contributed by atoms with Crippen LogP contribution in [0.25, 0.3) is 0 Å². The third-order valence-corrected chi connectivity index (χ3v) is 5.12. The van der Waals surface area contributed by atoms with Crippen molar-refractivity contribution in [3.63, 3.8) is 0 Å². The van der Waals surface area contributed by atoms with Crippen LogP contribution in [0.4, 0.5) is 0 Å². The van der Waals surface area contributed by atoms with E-state index in [4.69, 9.17) is 14.5 Å². The molecular weight excluding hydrogens is 483 g/mol. The van der Waals surface area contributed by atoms with Gasteiger partial charge < -0.3 is 19.7 Å². The maximum Gasteiger partial charge on any atom is 0.309 e. The molecule has 1 aliphatic heterocycles. The van der Waals surface area contributed by atoms with Gasteiger partial charge in [0.05, 0.1) is 25.7 Å². The number of halogens is 1. The van der Waals surface area contributed by atoms with E-state index in [2.05, 4.69) is 22.1 Å². The molecule has 0 bridgehead atoms. The van der Waals surface area contributed by atoms with E-state index in [1.165, 1.54) is 12.8 Å². The second-order valence-electron chi connectivity index (χ2n) is 7.44. The first kappa shape index (κ1) is 23.7. The summed E-state index contributed by atoms with van der Waals surface area (Å²) in [5.74, 6) is 2.23. The third kappa shape index (κ3) is 7.64. The molecule has 2 fully saturated rings. The number of ether oxygens (including phenoxy) is 2. The number of carbonyl (C=O) groups is 1. The Labute approximate surface area is 190 Å². The monoisotopic (exact) mass is 516 g/mol. The van der Waals surface area contributed by atoms with Crippen LogP contribution in [0.2, 0.25) is 0 Å². The Kier molecular flexibility index (Phi) is 9.96. The number of rotatable bonds is 8. The van der Waals surface area contributed by atoms with Crippen LogP contribution >= 0.6 is 24.0 Å². The molecule has 0 unspecified atom stereocenters. The summed E-state index contributed by atoms with van der Waals surface area (Å²) in [6.07, 6.45) is 5.99. The lowest BCUT2D eigenvalue weighted by Crippen LogP contribution is -2.46. The van der Waals surface area contributed by atoms with Crippen LogP contribution in [0, 0.1) is 11.8 Å². The first-order valence-corrected chi connectivity index (χ1v) is 10.5. The molecule has 8 heteroatoms. The van der Waals surface area contributed by atoms with Crippen LogP contribution in [-0.4, -0.2) is 54.7 Å². The van der Waals surface area contributed by atoms with Crippen LogP contribution in [0.5, 0.6) is 5.88 Å². The Morgan fingerprint density at radius 3 is 2.59 bits per heavy atom. The highest BCUT2D eigenvalue weighted by molar-refractivity contribution is 14.0. The minimum Gasteiger partial charge on any atom is -0.477 e. The highest BCUT2D eigenvalue weighted by Gasteiger charge is 2.27. The van der Waals surface area contributed by atoms with Crippen molar-refractivity contribution in [3.05, 3.63) is 23.9 Å². The highest BCUT2D eigenvalue weighted by Crippen LogP contribution is 2.29. The molecule has 29 heavy (non-hydrogen) atoms. The van der Waals surface area contributed by atoms with Crippen molar-refractivity contribution in [2.24, 2.45) is 16.8 Å². The summed E-state index contributed by atoms with van der Waals surface area (Å²) in [5.41, 5.74) is 1.05. The molecule has 0 amide bonds. The number of pyridine rings is 1. The summed E-state index contributed by atoms with van der Waals surface area (Å²) >= 11 is 0. The maximum absolute atomic E-state index is 11.9. The van der Waals surface area contributed by atoms with Crippen LogP contribution < -0.4 is 10.1 Å². The molecule has 7 nitrogen and oxygen atoms in total. The standard InChI is InChI=1S/C21H32N4O3.HI/c1-3-22-21(25-11-9-18(10-12-25)20(26)27-4-2)24-14-17-7-8-19(23-13-17)28-15-16-5-6-16;/h7-8,13,16,18H,3-6,9-12,14-15H2,1-2H3,(H,22,24);1H. The molecule has 1 aromatic rings. The maximum atomic E-state index is 11.9. The summed E-state index contributed by atoms with van der Waals surface area (Å²) in [7, 11) is 0. The minimum absolute atomic E-state index is 0. The van der Waals surface area contributed by atoms with E-state index < -0.39 is 0 Å². The first-order chi connectivity index (χ1) is 13.7. The molecule has 1 aromatic heterocycles. The molecule has 2 heterocycles. The normalized spacial score (nSPS) is 17.4. The van der Waals surface area contributed by atoms with Crippen LogP contribution in [-0.2, 0) is 16.1 Å². The topological polar surface area (TPSA) is 76.1 Å². The molecule has 0 aromatic carbocycles. The molecule has 0 radical (unpaired) electrons. The fourth-order valence-electron chi connectivity index (χ4n) is 3.26. The Morgan fingerprint density at radius 1 is 1.24 bits per heavy atom. The van der Waals surface area contributed by atoms with Crippen molar-refractivity contribution in [1.29, 1.82) is 0 Å². The molecule has 1 saturated carbocycles. The minimum atomic E-state index is -0.0702. The number of hydrogen-bond donors (Lipinski definition) is 1. The zero-order valence-corrected chi connectivity index (χ0v) is 19.8. The first-order valence-electron chi connectivity index (χ1n) is 10.5. The van der Waals surface area contributed by atoms with E-state index in [1.54, 1.807) is 0 Å². The highest BCUT2D eigenvalue weighted by atomic mass is 127. The second-order valence-corrected chi connectivity index (χ2v) is 7.44. The zero-order valence-electron chi connectivity index (χ0n) is 17.4. The number of aliphatic imine (C=N–C) groups is 1. The molecular formula is C21H33IN4O3. The van der Waals surface area contributed by atoms with E-state index in [-0.39, 0.29) is 35.9 Å². The van der Waals surface area contributed by atoms with Gasteiger partial charge in [-0.25, -0.2) is 9.98 Å². The van der Waals surface area contributed by atoms with Crippen molar-refractivity contribution >= 4 is 35.9 Å². The fraction of sp³-hybridized carbons (Fsp3) is 0.667. The lowest BCUT2D eigenvalue weighted by molar-refractivity contribution is -0.149. The SMILES string of the molecule is CCNC(=NCc1ccc(OCC2CC2)nc1)N1CCC(C(=O)OCC)CC1.I. The van der Waals surface area contributed by atoms with Gasteiger partial charge in [0, 0.05) is 31.9 Å². The predicted molar refractivity (Wildman–Crippen MR) is 124 cm³/mol. The van der Waals surface area contributed by atoms with Gasteiger partial charge in [-0.3, -0.25) is 4.79 Å². The number of carbonyl (C=O) groups excluding carboxylic acids is 1. The van der Waals surface area contributed by atoms with Gasteiger partial charge in [0.1, 0.15) is 0 Å². The number of esters is 1. The van der Waals surface area contributed by atoms with Crippen LogP contribution in [0.1, 0.15) is 45.1 Å². The van der Waals surface area contributed by atoms with Crippen molar-refractivity contribution in [3.8, 4) is 5.88 Å². The van der Waals surface area contributed by atoms with E-state index in [9.17, 15) is 4.79 Å². The number of piperidine rings is 1. The Morgan fingerprint density at radius 2 is 2.00 bits per heavy atom. The van der Waals surface area contributed by atoms with Gasteiger partial charge in [-0.1, -0.05) is 6.07 Å². The number of guanidine groups is 1. The summed E-state index contributed by atoms with van der Waals surface area (Å²) < 4.78 is 10.8. The van der Waals surface area contributed by atoms with Gasteiger partial charge in [-0.05, 0) is 51.0 Å². The van der Waals surface area contributed by atoms with Crippen LogP contribution in [0.15, 0.2) is 23.3 Å². The summed E-state index contributed by atoms with van der Waals surface area (Å²) in [6, 6.07) is 3.94. The summed E-state index contributed by atoms with van der Waals surface area (Å²) in [5, 5.41) is 3.36. The number of aromatic nitrogens is 1. The van der Waals surface area contributed by atoms with E-state index >= 15 is 0 Å². The average Bonchev–Trinajstić information content (AvgIpc) is 3.55. The smallest absolute Gasteiger partial charge is 0.309 e. The molecule has 0 spiro atoms. The largest absolute Gasteiger partial charge is 0.477 e. The number of likely N-dealkylation sites (tertiary alicyclic amines) is 1. The number of nitrogens with zero attached hydrogens (tertiary/aromatic N) is 3. The van der Waals surface area contributed by atoms with Gasteiger partial charge in [0.25, 0.3) is 0 Å². The lowest BCUT2D eigenvalue weighted by Gasteiger charge is -2.33. The Balaban J connectivity index is 0.00000300. The summed E-state index contributed by atoms with van der Waals surface area (Å²) in [6.45, 7) is 8.12. The fourth-order valence-corrected chi connectivity index (χ4v) is 3.26. The van der Waals surface area contributed by atoms with Gasteiger partial charge >= 0.3 is 5.97 Å². The third-order valence-electron chi connectivity index (χ3n) is 5.12. The predicted octanol–water partition coefficient (Wildman–Crippen LogP) is 3.23. The zero-order chi connectivity index (χ0) is 19.8. The molecule has 3 rings (SSSR count). The van der Waals surface area contributed by atoms with Gasteiger partial charge in [-0.2, -0.15) is 0 Å². The quantitative estimate of drug-likeness (QED) is 0.248. The Hall–Kier alpha value is -1.58. The number of hydrogen-bond acceptors (Lipinski definition) is 5. The average molecular weight is 516 g/mol. The van der Waals surface area contributed by atoms with Crippen molar-refractivity contribution in [2.45, 2.75) is 46.1 Å². The molecule has 1 saturated heterocycles. The lowest BCUT2D eigenvalue weighted by atomic mass is 9.97. The number of nitrogens with one attached hydrogen (secondary N) is 1. The van der Waals surface area contributed by atoms with Crippen molar-refractivity contribution < 1.29 is 14.3 Å². The Bertz CT molecular complexity index is 656. The van der Waals surface area contributed by atoms with Gasteiger partial charge in [0.2, 0.25) is 5.88 Å². The van der Waals surface area contributed by atoms with E-state index in [0.717, 1.165) is 56.5 Å². The molecule has 2 aliphatic rings. The molecule has 162 valence electrons. The van der Waals surface area contributed by atoms with E-state index in [1.807, 2.05) is 25.3 Å². The molecule has 1 aliphatic carbocycles. The van der Waals surface area contributed by atoms with Crippen molar-refractivity contribution in [2.75, 3.05) is 32.8 Å². The second kappa shape index (κ2) is 12.2. The summed E-state index contributed by atoms with van der Waals surface area (Å²) in [4.78, 5) is 23.3. The van der Waals surface area contributed by atoms with Gasteiger partial charge in [-0.15, -0.1) is 24.0 Å².